The lowest BCUT2D eigenvalue weighted by atomic mass is 10.4. The summed E-state index contributed by atoms with van der Waals surface area (Å²) < 4.78 is 10.5. The van der Waals surface area contributed by atoms with Gasteiger partial charge < -0.3 is 9.15 Å². The summed E-state index contributed by atoms with van der Waals surface area (Å²) in [6.45, 7) is 2.06. The van der Waals surface area contributed by atoms with E-state index in [-0.39, 0.29) is 11.4 Å². The maximum absolute atomic E-state index is 5.44. The Balaban J connectivity index is 2.08. The van der Waals surface area contributed by atoms with Crippen molar-refractivity contribution in [1.29, 1.82) is 0 Å². The summed E-state index contributed by atoms with van der Waals surface area (Å²) in [6.07, 6.45) is 1.91. The number of nitrogens with zero attached hydrogens (tertiary/aromatic N) is 3. The second-order valence-electron chi connectivity index (χ2n) is 3.13. The molecule has 0 spiro atoms. The molecular weight excluding hydrogens is 260 g/mol. The van der Waals surface area contributed by atoms with E-state index in [1.807, 2.05) is 13.2 Å². The van der Waals surface area contributed by atoms with Crippen molar-refractivity contribution in [2.24, 2.45) is 0 Å². The minimum Gasteiger partial charge on any atom is -0.467 e. The third-order valence-corrected chi connectivity index (χ3v) is 2.54. The highest BCUT2D eigenvalue weighted by molar-refractivity contribution is 7.98. The topological polar surface area (TPSA) is 76.8 Å². The Bertz CT molecular complexity index is 566. The lowest BCUT2D eigenvalue weighted by Crippen LogP contribution is -2.00. The summed E-state index contributed by atoms with van der Waals surface area (Å²) in [5, 5.41) is 7.02. The lowest BCUT2D eigenvalue weighted by molar-refractivity contribution is 0.250. The molecule has 90 valence electrons. The van der Waals surface area contributed by atoms with Gasteiger partial charge >= 0.3 is 0 Å². The van der Waals surface area contributed by atoms with Crippen LogP contribution in [0.3, 0.4) is 0 Å². The Morgan fingerprint density at radius 1 is 1.53 bits per heavy atom. The molecule has 2 heterocycles. The highest BCUT2D eigenvalue weighted by Crippen LogP contribution is 2.16. The molecule has 0 atom stereocenters. The zero-order valence-corrected chi connectivity index (χ0v) is 10.9. The van der Waals surface area contributed by atoms with Crippen molar-refractivity contribution in [2.75, 3.05) is 6.26 Å². The largest absolute Gasteiger partial charge is 0.467 e. The number of aromatic nitrogens is 4. The van der Waals surface area contributed by atoms with Crippen LogP contribution in [-0.2, 0) is 6.61 Å². The number of rotatable bonds is 4. The van der Waals surface area contributed by atoms with E-state index in [0.717, 1.165) is 5.69 Å². The maximum atomic E-state index is 5.44. The minimum atomic E-state index is 0.178. The van der Waals surface area contributed by atoms with Crippen LogP contribution in [0.4, 0.5) is 0 Å². The molecule has 0 aromatic carbocycles. The number of nitrogens with one attached hydrogen (secondary N) is 1. The molecule has 2 aromatic heterocycles. The Kier molecular flexibility index (Phi) is 3.75. The van der Waals surface area contributed by atoms with Gasteiger partial charge in [0.05, 0.1) is 0 Å². The second kappa shape index (κ2) is 5.28. The molecule has 0 unspecified atom stereocenters. The van der Waals surface area contributed by atoms with Gasteiger partial charge in [0, 0.05) is 11.8 Å². The zero-order valence-electron chi connectivity index (χ0n) is 9.26. The molecule has 0 amide bonds. The molecule has 1 N–H and O–H groups in total. The standard InChI is InChI=1S/C9H10N4O2S2/c1-5-3-6(11-8(10-5)17-2)14-4-7-12-13-9(16)15-7/h3H,4H2,1-2H3,(H,13,16). The van der Waals surface area contributed by atoms with Gasteiger partial charge in [-0.15, -0.1) is 5.10 Å². The van der Waals surface area contributed by atoms with E-state index < -0.39 is 0 Å². The van der Waals surface area contributed by atoms with Crippen LogP contribution in [0.1, 0.15) is 11.6 Å². The maximum Gasteiger partial charge on any atom is 0.284 e. The van der Waals surface area contributed by atoms with Gasteiger partial charge in [-0.3, -0.25) is 0 Å². The summed E-state index contributed by atoms with van der Waals surface area (Å²) in [4.78, 5) is 8.65. The average molecular weight is 270 g/mol. The first-order valence-electron chi connectivity index (χ1n) is 4.74. The van der Waals surface area contributed by atoms with E-state index in [1.54, 1.807) is 6.07 Å². The number of hydrogen-bond acceptors (Lipinski definition) is 7. The van der Waals surface area contributed by atoms with Crippen molar-refractivity contribution in [3.8, 4) is 5.88 Å². The molecule has 17 heavy (non-hydrogen) atoms. The average Bonchev–Trinajstić information content (AvgIpc) is 2.72. The van der Waals surface area contributed by atoms with Crippen LogP contribution < -0.4 is 4.74 Å². The number of thioether (sulfide) groups is 1. The molecule has 0 saturated carbocycles. The van der Waals surface area contributed by atoms with Crippen LogP contribution in [0.5, 0.6) is 5.88 Å². The normalized spacial score (nSPS) is 10.5. The molecule has 0 bridgehead atoms. The van der Waals surface area contributed by atoms with Crippen molar-refractivity contribution < 1.29 is 9.15 Å². The number of ether oxygens (including phenoxy) is 1. The highest BCUT2D eigenvalue weighted by atomic mass is 32.2. The van der Waals surface area contributed by atoms with Crippen molar-refractivity contribution in [2.45, 2.75) is 18.7 Å². The number of H-pyrrole nitrogens is 1. The first-order chi connectivity index (χ1) is 8.17. The van der Waals surface area contributed by atoms with Crippen molar-refractivity contribution in [3.05, 3.63) is 22.5 Å². The Hall–Kier alpha value is -1.41. The number of hydrogen-bond donors (Lipinski definition) is 1. The van der Waals surface area contributed by atoms with E-state index in [9.17, 15) is 0 Å². The van der Waals surface area contributed by atoms with Crippen LogP contribution in [0.15, 0.2) is 15.6 Å². The van der Waals surface area contributed by atoms with Gasteiger partial charge in [-0.05, 0) is 25.4 Å². The summed E-state index contributed by atoms with van der Waals surface area (Å²) in [5.74, 6) is 0.878. The van der Waals surface area contributed by atoms with Crippen LogP contribution in [0, 0.1) is 11.8 Å². The third-order valence-electron chi connectivity index (χ3n) is 1.82. The van der Waals surface area contributed by atoms with Gasteiger partial charge in [0.15, 0.2) is 11.8 Å². The minimum absolute atomic E-state index is 0.178. The molecule has 0 aliphatic rings. The van der Waals surface area contributed by atoms with Crippen LogP contribution in [-0.4, -0.2) is 26.4 Å². The molecular formula is C9H10N4O2S2. The van der Waals surface area contributed by atoms with Gasteiger partial charge in [-0.2, -0.15) is 4.98 Å². The summed E-state index contributed by atoms with van der Waals surface area (Å²) >= 11 is 6.21. The van der Waals surface area contributed by atoms with Crippen LogP contribution in [0.25, 0.3) is 0 Å². The van der Waals surface area contributed by atoms with E-state index in [1.165, 1.54) is 11.8 Å². The second-order valence-corrected chi connectivity index (χ2v) is 4.27. The molecule has 0 aliphatic heterocycles. The first-order valence-corrected chi connectivity index (χ1v) is 6.37. The third kappa shape index (κ3) is 3.27. The van der Waals surface area contributed by atoms with Gasteiger partial charge in [0.25, 0.3) is 10.7 Å². The Morgan fingerprint density at radius 2 is 2.35 bits per heavy atom. The monoisotopic (exact) mass is 270 g/mol. The number of aromatic amines is 1. The van der Waals surface area contributed by atoms with Crippen LogP contribution >= 0.6 is 24.0 Å². The molecule has 0 aliphatic carbocycles. The lowest BCUT2D eigenvalue weighted by Gasteiger charge is -2.04. The van der Waals surface area contributed by atoms with E-state index >= 15 is 0 Å². The van der Waals surface area contributed by atoms with Crippen molar-refractivity contribution in [3.63, 3.8) is 0 Å². The fourth-order valence-electron chi connectivity index (χ4n) is 1.14. The summed E-state index contributed by atoms with van der Waals surface area (Å²) in [5.41, 5.74) is 0.849. The fourth-order valence-corrected chi connectivity index (χ4v) is 1.70. The van der Waals surface area contributed by atoms with E-state index in [4.69, 9.17) is 21.4 Å². The SMILES string of the molecule is CSc1nc(C)cc(OCc2n[nH]c(=S)o2)n1. The predicted octanol–water partition coefficient (Wildman–Crippen LogP) is 2.13. The predicted molar refractivity (Wildman–Crippen MR) is 64.6 cm³/mol. The Labute approximate surface area is 107 Å². The fraction of sp³-hybridized carbons (Fsp3) is 0.333. The summed E-state index contributed by atoms with van der Waals surface area (Å²) in [7, 11) is 0. The molecule has 0 radical (unpaired) electrons. The highest BCUT2D eigenvalue weighted by Gasteiger charge is 2.05. The Morgan fingerprint density at radius 3 is 3.00 bits per heavy atom. The molecule has 2 aromatic rings. The van der Waals surface area contributed by atoms with E-state index in [0.29, 0.717) is 16.9 Å². The van der Waals surface area contributed by atoms with Crippen molar-refractivity contribution in [1.82, 2.24) is 20.2 Å². The van der Waals surface area contributed by atoms with Gasteiger partial charge in [0.1, 0.15) is 0 Å². The quantitative estimate of drug-likeness (QED) is 0.518. The van der Waals surface area contributed by atoms with E-state index in [2.05, 4.69) is 20.2 Å². The van der Waals surface area contributed by atoms with Crippen molar-refractivity contribution >= 4 is 24.0 Å². The first kappa shape index (κ1) is 12.1. The van der Waals surface area contributed by atoms with Crippen LogP contribution in [0.2, 0.25) is 0 Å². The molecule has 6 nitrogen and oxygen atoms in total. The molecule has 0 saturated heterocycles. The molecule has 2 rings (SSSR count). The van der Waals surface area contributed by atoms with Gasteiger partial charge in [-0.1, -0.05) is 11.8 Å². The van der Waals surface area contributed by atoms with Gasteiger partial charge in [-0.25, -0.2) is 10.1 Å². The number of aryl methyl sites for hydroxylation is 1. The molecule has 0 fully saturated rings. The smallest absolute Gasteiger partial charge is 0.284 e. The summed E-state index contributed by atoms with van der Waals surface area (Å²) in [6, 6.07) is 1.75. The van der Waals surface area contributed by atoms with Gasteiger partial charge in [0.2, 0.25) is 5.88 Å². The zero-order chi connectivity index (χ0) is 12.3. The molecule has 8 heteroatoms.